The standard InChI is InChI=1S/C13H19N3O/c1-13(5-2-3-6-16-13)11(17)8-10-4-7-15-12(14)9-10/h4,7,9,16H,2-3,5-6,8H2,1H3,(H2,14,15). The zero-order chi connectivity index (χ0) is 12.3. The first-order chi connectivity index (χ1) is 8.10. The van der Waals surface area contributed by atoms with Crippen molar-refractivity contribution in [3.05, 3.63) is 23.9 Å². The van der Waals surface area contributed by atoms with E-state index < -0.39 is 0 Å². The summed E-state index contributed by atoms with van der Waals surface area (Å²) in [5.41, 5.74) is 6.18. The van der Waals surface area contributed by atoms with E-state index in [0.29, 0.717) is 12.2 Å². The van der Waals surface area contributed by atoms with Gasteiger partial charge < -0.3 is 11.1 Å². The van der Waals surface area contributed by atoms with Crippen LogP contribution >= 0.6 is 0 Å². The monoisotopic (exact) mass is 233 g/mol. The van der Waals surface area contributed by atoms with Gasteiger partial charge in [-0.1, -0.05) is 0 Å². The Morgan fingerprint density at radius 3 is 3.06 bits per heavy atom. The lowest BCUT2D eigenvalue weighted by molar-refractivity contribution is -0.125. The van der Waals surface area contributed by atoms with Crippen LogP contribution in [-0.2, 0) is 11.2 Å². The summed E-state index contributed by atoms with van der Waals surface area (Å²) in [4.78, 5) is 16.2. The van der Waals surface area contributed by atoms with E-state index in [-0.39, 0.29) is 11.3 Å². The summed E-state index contributed by atoms with van der Waals surface area (Å²) in [6.45, 7) is 2.93. The first-order valence-corrected chi connectivity index (χ1v) is 6.09. The lowest BCUT2D eigenvalue weighted by Gasteiger charge is -2.33. The van der Waals surface area contributed by atoms with Crippen LogP contribution in [0.4, 0.5) is 5.82 Å². The van der Waals surface area contributed by atoms with Crippen LogP contribution in [0.15, 0.2) is 18.3 Å². The summed E-state index contributed by atoms with van der Waals surface area (Å²) in [6, 6.07) is 3.62. The summed E-state index contributed by atoms with van der Waals surface area (Å²) in [5.74, 6) is 0.708. The zero-order valence-corrected chi connectivity index (χ0v) is 10.2. The number of carbonyl (C=O) groups is 1. The van der Waals surface area contributed by atoms with E-state index >= 15 is 0 Å². The van der Waals surface area contributed by atoms with Gasteiger partial charge in [0.2, 0.25) is 0 Å². The second-order valence-electron chi connectivity index (χ2n) is 4.90. The van der Waals surface area contributed by atoms with E-state index in [1.165, 1.54) is 0 Å². The van der Waals surface area contributed by atoms with Crippen molar-refractivity contribution in [3.8, 4) is 0 Å². The summed E-state index contributed by atoms with van der Waals surface area (Å²) in [7, 11) is 0. The maximum absolute atomic E-state index is 12.3. The molecule has 0 aliphatic carbocycles. The molecule has 1 aliphatic heterocycles. The van der Waals surface area contributed by atoms with Crippen LogP contribution in [0.2, 0.25) is 0 Å². The van der Waals surface area contributed by atoms with Gasteiger partial charge in [0.15, 0.2) is 5.78 Å². The second-order valence-corrected chi connectivity index (χ2v) is 4.90. The normalized spacial score (nSPS) is 24.5. The number of hydrogen-bond acceptors (Lipinski definition) is 4. The van der Waals surface area contributed by atoms with Crippen molar-refractivity contribution in [1.82, 2.24) is 10.3 Å². The minimum atomic E-state index is -0.365. The highest BCUT2D eigenvalue weighted by Crippen LogP contribution is 2.21. The molecule has 0 saturated carbocycles. The minimum absolute atomic E-state index is 0.239. The Morgan fingerprint density at radius 1 is 1.59 bits per heavy atom. The van der Waals surface area contributed by atoms with Crippen LogP contribution < -0.4 is 11.1 Å². The van der Waals surface area contributed by atoms with Crippen LogP contribution in [0.1, 0.15) is 31.7 Å². The van der Waals surface area contributed by atoms with Gasteiger partial charge in [-0.25, -0.2) is 4.98 Å². The number of nitrogen functional groups attached to an aromatic ring is 1. The van der Waals surface area contributed by atoms with E-state index in [9.17, 15) is 4.79 Å². The number of hydrogen-bond donors (Lipinski definition) is 2. The topological polar surface area (TPSA) is 68.0 Å². The molecule has 2 heterocycles. The molecule has 1 saturated heterocycles. The predicted octanol–water partition coefficient (Wildman–Crippen LogP) is 1.31. The number of piperidine rings is 1. The highest BCUT2D eigenvalue weighted by molar-refractivity contribution is 5.90. The molecule has 17 heavy (non-hydrogen) atoms. The Bertz CT molecular complexity index is 411. The molecule has 0 spiro atoms. The number of rotatable bonds is 3. The minimum Gasteiger partial charge on any atom is -0.384 e. The van der Waals surface area contributed by atoms with Gasteiger partial charge in [0, 0.05) is 12.6 Å². The number of carbonyl (C=O) groups excluding carboxylic acids is 1. The van der Waals surface area contributed by atoms with Gasteiger partial charge in [0.25, 0.3) is 0 Å². The summed E-state index contributed by atoms with van der Waals surface area (Å²) in [6.07, 6.45) is 5.27. The van der Waals surface area contributed by atoms with E-state index in [1.807, 2.05) is 13.0 Å². The number of nitrogens with zero attached hydrogens (tertiary/aromatic N) is 1. The number of Topliss-reactive ketones (excluding diaryl/α,β-unsaturated/α-hetero) is 1. The van der Waals surface area contributed by atoms with Gasteiger partial charge in [-0.2, -0.15) is 0 Å². The third kappa shape index (κ3) is 2.82. The fraction of sp³-hybridized carbons (Fsp3) is 0.538. The number of nitrogens with two attached hydrogens (primary N) is 1. The van der Waals surface area contributed by atoms with E-state index in [2.05, 4.69) is 10.3 Å². The van der Waals surface area contributed by atoms with Gasteiger partial charge in [0.1, 0.15) is 5.82 Å². The smallest absolute Gasteiger partial charge is 0.156 e. The fourth-order valence-electron chi connectivity index (χ4n) is 2.28. The van der Waals surface area contributed by atoms with Crippen molar-refractivity contribution >= 4 is 11.6 Å². The number of ketones is 1. The molecule has 1 aromatic rings. The first-order valence-electron chi connectivity index (χ1n) is 6.09. The largest absolute Gasteiger partial charge is 0.384 e. The van der Waals surface area contributed by atoms with Crippen molar-refractivity contribution in [1.29, 1.82) is 0 Å². The Labute approximate surface area is 102 Å². The third-order valence-corrected chi connectivity index (χ3v) is 3.44. The zero-order valence-electron chi connectivity index (χ0n) is 10.2. The van der Waals surface area contributed by atoms with Crippen molar-refractivity contribution in [3.63, 3.8) is 0 Å². The Balaban J connectivity index is 2.05. The number of anilines is 1. The van der Waals surface area contributed by atoms with E-state index in [0.717, 1.165) is 31.4 Å². The molecule has 1 fully saturated rings. The maximum Gasteiger partial charge on any atom is 0.156 e. The molecule has 1 atom stereocenters. The molecular weight excluding hydrogens is 214 g/mol. The molecule has 4 heteroatoms. The third-order valence-electron chi connectivity index (χ3n) is 3.44. The van der Waals surface area contributed by atoms with Crippen LogP contribution in [0.5, 0.6) is 0 Å². The number of pyridine rings is 1. The highest BCUT2D eigenvalue weighted by Gasteiger charge is 2.33. The second kappa shape index (κ2) is 4.84. The van der Waals surface area contributed by atoms with Gasteiger partial charge in [-0.05, 0) is 50.4 Å². The molecular formula is C13H19N3O. The SMILES string of the molecule is CC1(C(=O)Cc2ccnc(N)c2)CCCCN1. The molecule has 0 amide bonds. The predicted molar refractivity (Wildman–Crippen MR) is 67.6 cm³/mol. The van der Waals surface area contributed by atoms with Gasteiger partial charge >= 0.3 is 0 Å². The van der Waals surface area contributed by atoms with Gasteiger partial charge in [0.05, 0.1) is 5.54 Å². The van der Waals surface area contributed by atoms with Crippen molar-refractivity contribution < 1.29 is 4.79 Å². The molecule has 92 valence electrons. The Morgan fingerprint density at radius 2 is 2.41 bits per heavy atom. The Hall–Kier alpha value is -1.42. The molecule has 0 bridgehead atoms. The average molecular weight is 233 g/mol. The van der Waals surface area contributed by atoms with Crippen LogP contribution in [0.3, 0.4) is 0 Å². The van der Waals surface area contributed by atoms with Crippen molar-refractivity contribution in [2.45, 2.75) is 38.1 Å². The quantitative estimate of drug-likeness (QED) is 0.826. The van der Waals surface area contributed by atoms with E-state index in [4.69, 9.17) is 5.73 Å². The number of nitrogens with one attached hydrogen (secondary N) is 1. The average Bonchev–Trinajstić information content (AvgIpc) is 2.30. The Kier molecular flexibility index (Phi) is 3.43. The molecule has 4 nitrogen and oxygen atoms in total. The molecule has 1 unspecified atom stereocenters. The molecule has 1 aliphatic rings. The van der Waals surface area contributed by atoms with E-state index in [1.54, 1.807) is 12.3 Å². The molecule has 0 aromatic carbocycles. The highest BCUT2D eigenvalue weighted by atomic mass is 16.1. The molecule has 1 aromatic heterocycles. The molecule has 2 rings (SSSR count). The lowest BCUT2D eigenvalue weighted by Crippen LogP contribution is -2.52. The van der Waals surface area contributed by atoms with Gasteiger partial charge in [-0.3, -0.25) is 4.79 Å². The first kappa shape index (κ1) is 12.0. The lowest BCUT2D eigenvalue weighted by atomic mass is 9.84. The number of aromatic nitrogens is 1. The summed E-state index contributed by atoms with van der Waals surface area (Å²) in [5, 5.41) is 3.33. The summed E-state index contributed by atoms with van der Waals surface area (Å²) < 4.78 is 0. The molecule has 3 N–H and O–H groups in total. The van der Waals surface area contributed by atoms with Crippen molar-refractivity contribution in [2.24, 2.45) is 0 Å². The van der Waals surface area contributed by atoms with Gasteiger partial charge in [-0.15, -0.1) is 0 Å². The van der Waals surface area contributed by atoms with Crippen LogP contribution in [-0.4, -0.2) is 22.9 Å². The maximum atomic E-state index is 12.3. The molecule has 0 radical (unpaired) electrons. The summed E-state index contributed by atoms with van der Waals surface area (Å²) >= 11 is 0. The van der Waals surface area contributed by atoms with Crippen LogP contribution in [0.25, 0.3) is 0 Å². The van der Waals surface area contributed by atoms with Crippen LogP contribution in [0, 0.1) is 0 Å². The van der Waals surface area contributed by atoms with Crippen molar-refractivity contribution in [2.75, 3.05) is 12.3 Å². The fourth-order valence-corrected chi connectivity index (χ4v) is 2.28.